The predicted molar refractivity (Wildman–Crippen MR) is 105 cm³/mol. The minimum absolute atomic E-state index is 0.249. The molecule has 0 saturated heterocycles. The third kappa shape index (κ3) is 3.81. The molecule has 5 nitrogen and oxygen atoms in total. The number of aromatic amines is 1. The van der Waals surface area contributed by atoms with E-state index < -0.39 is 0 Å². The molecule has 0 aliphatic heterocycles. The van der Waals surface area contributed by atoms with E-state index in [0.29, 0.717) is 17.9 Å². The van der Waals surface area contributed by atoms with Gasteiger partial charge in [0.25, 0.3) is 5.91 Å². The van der Waals surface area contributed by atoms with Crippen LogP contribution in [0.2, 0.25) is 0 Å². The minimum Gasteiger partial charge on any atom is -0.346 e. The second-order valence-corrected chi connectivity index (χ2v) is 7.89. The summed E-state index contributed by atoms with van der Waals surface area (Å²) >= 11 is 3.23. The van der Waals surface area contributed by atoms with Crippen LogP contribution in [0.5, 0.6) is 0 Å². The number of carbonyl (C=O) groups is 1. The normalized spacial score (nSPS) is 10.9. The van der Waals surface area contributed by atoms with Crippen LogP contribution in [0.1, 0.15) is 21.1 Å². The topological polar surface area (TPSA) is 70.7 Å². The maximum Gasteiger partial charge on any atom is 0.269 e. The number of aromatic nitrogens is 3. The number of hydrogen-bond donors (Lipinski definition) is 2. The van der Waals surface area contributed by atoms with Crippen molar-refractivity contribution in [1.29, 1.82) is 0 Å². The van der Waals surface area contributed by atoms with Crippen molar-refractivity contribution in [3.8, 4) is 21.1 Å². The predicted octanol–water partition coefficient (Wildman–Crippen LogP) is 4.64. The van der Waals surface area contributed by atoms with E-state index in [1.807, 2.05) is 24.4 Å². The van der Waals surface area contributed by atoms with Gasteiger partial charge >= 0.3 is 0 Å². The molecule has 0 saturated carbocycles. The van der Waals surface area contributed by atoms with Crippen molar-refractivity contribution < 1.29 is 9.18 Å². The quantitative estimate of drug-likeness (QED) is 0.514. The highest BCUT2D eigenvalue weighted by Crippen LogP contribution is 2.31. The number of halogens is 1. The number of nitrogens with zero attached hydrogens (tertiary/aromatic N) is 2. The van der Waals surface area contributed by atoms with Gasteiger partial charge in [0.2, 0.25) is 0 Å². The van der Waals surface area contributed by atoms with E-state index >= 15 is 0 Å². The molecule has 0 bridgehead atoms. The first-order chi connectivity index (χ1) is 13.1. The molecule has 0 aliphatic rings. The molecule has 2 N–H and O–H groups in total. The van der Waals surface area contributed by atoms with Gasteiger partial charge in [-0.25, -0.2) is 9.37 Å². The van der Waals surface area contributed by atoms with Crippen LogP contribution < -0.4 is 5.32 Å². The molecule has 0 fully saturated rings. The zero-order valence-electron chi connectivity index (χ0n) is 14.3. The fourth-order valence-corrected chi connectivity index (χ4v) is 4.36. The first-order valence-corrected chi connectivity index (χ1v) is 9.89. The highest BCUT2D eigenvalue weighted by Gasteiger charge is 2.14. The minimum atomic E-state index is -0.311. The zero-order chi connectivity index (χ0) is 18.8. The number of benzene rings is 1. The van der Waals surface area contributed by atoms with Gasteiger partial charge in [-0.1, -0.05) is 6.07 Å². The number of nitrogens with one attached hydrogen (secondary N) is 2. The Bertz CT molecular complexity index is 1070. The molecule has 0 radical (unpaired) electrons. The number of aryl methyl sites for hydroxylation is 1. The van der Waals surface area contributed by atoms with Gasteiger partial charge in [0, 0.05) is 10.4 Å². The molecule has 0 aliphatic carbocycles. The van der Waals surface area contributed by atoms with Gasteiger partial charge in [0.1, 0.15) is 16.5 Å². The summed E-state index contributed by atoms with van der Waals surface area (Å²) in [7, 11) is 0. The van der Waals surface area contributed by atoms with Gasteiger partial charge < -0.3 is 5.32 Å². The molecule has 0 unspecified atom stereocenters. The van der Waals surface area contributed by atoms with Crippen molar-refractivity contribution in [2.75, 3.05) is 0 Å². The molecule has 27 heavy (non-hydrogen) atoms. The van der Waals surface area contributed by atoms with E-state index in [2.05, 4.69) is 20.5 Å². The van der Waals surface area contributed by atoms with Crippen molar-refractivity contribution in [3.63, 3.8) is 0 Å². The zero-order valence-corrected chi connectivity index (χ0v) is 16.0. The highest BCUT2D eigenvalue weighted by molar-refractivity contribution is 7.21. The van der Waals surface area contributed by atoms with Crippen molar-refractivity contribution >= 4 is 28.6 Å². The smallest absolute Gasteiger partial charge is 0.269 e. The lowest BCUT2D eigenvalue weighted by atomic mass is 10.1. The lowest BCUT2D eigenvalue weighted by Crippen LogP contribution is -2.23. The average molecular weight is 398 g/mol. The third-order valence-electron chi connectivity index (χ3n) is 4.00. The summed E-state index contributed by atoms with van der Waals surface area (Å²) in [5.74, 6) is -0.560. The molecule has 4 rings (SSSR count). The Hall–Kier alpha value is -2.84. The molecule has 3 heterocycles. The monoisotopic (exact) mass is 398 g/mol. The van der Waals surface area contributed by atoms with Gasteiger partial charge in [0.05, 0.1) is 22.8 Å². The molecular formula is C19H15FN4OS2. The lowest BCUT2D eigenvalue weighted by molar-refractivity contribution is 0.0946. The van der Waals surface area contributed by atoms with Crippen LogP contribution in [0.4, 0.5) is 4.39 Å². The van der Waals surface area contributed by atoms with E-state index in [4.69, 9.17) is 0 Å². The summed E-state index contributed by atoms with van der Waals surface area (Å²) in [6, 6.07) is 11.7. The number of thiazole rings is 1. The Balaban J connectivity index is 1.44. The van der Waals surface area contributed by atoms with E-state index in [-0.39, 0.29) is 11.7 Å². The van der Waals surface area contributed by atoms with Crippen LogP contribution in [0.15, 0.2) is 47.8 Å². The summed E-state index contributed by atoms with van der Waals surface area (Å²) in [4.78, 5) is 19.1. The largest absolute Gasteiger partial charge is 0.346 e. The van der Waals surface area contributed by atoms with E-state index in [0.717, 1.165) is 26.0 Å². The average Bonchev–Trinajstić information content (AvgIpc) is 3.41. The second kappa shape index (κ2) is 7.42. The third-order valence-corrected chi connectivity index (χ3v) is 6.19. The molecule has 3 aromatic heterocycles. The van der Waals surface area contributed by atoms with Crippen LogP contribution >= 0.6 is 22.7 Å². The Morgan fingerprint density at radius 3 is 2.81 bits per heavy atom. The molecule has 1 aromatic carbocycles. The molecule has 0 spiro atoms. The van der Waals surface area contributed by atoms with Crippen molar-refractivity contribution in [3.05, 3.63) is 69.9 Å². The molecule has 8 heteroatoms. The van der Waals surface area contributed by atoms with Crippen LogP contribution in [-0.2, 0) is 6.54 Å². The van der Waals surface area contributed by atoms with Crippen LogP contribution in [0, 0.1) is 12.7 Å². The fourth-order valence-electron chi connectivity index (χ4n) is 2.56. The molecule has 0 atom stereocenters. The maximum atomic E-state index is 13.0. The number of H-pyrrole nitrogens is 1. The van der Waals surface area contributed by atoms with Crippen LogP contribution in [-0.4, -0.2) is 21.1 Å². The maximum absolute atomic E-state index is 13.0. The van der Waals surface area contributed by atoms with Gasteiger partial charge in [-0.3, -0.25) is 9.89 Å². The summed E-state index contributed by atoms with van der Waals surface area (Å²) in [5.41, 5.74) is 2.61. The second-order valence-electron chi connectivity index (χ2n) is 5.86. The van der Waals surface area contributed by atoms with E-state index in [1.54, 1.807) is 40.9 Å². The van der Waals surface area contributed by atoms with Crippen molar-refractivity contribution in [1.82, 2.24) is 20.5 Å². The fraction of sp³-hybridized carbons (Fsp3) is 0.105. The van der Waals surface area contributed by atoms with Gasteiger partial charge in [0.15, 0.2) is 0 Å². The highest BCUT2D eigenvalue weighted by atomic mass is 32.1. The van der Waals surface area contributed by atoms with E-state index in [9.17, 15) is 9.18 Å². The molecule has 136 valence electrons. The van der Waals surface area contributed by atoms with Gasteiger partial charge in [-0.05, 0) is 48.7 Å². The first kappa shape index (κ1) is 17.6. The van der Waals surface area contributed by atoms with Gasteiger partial charge in [-0.15, -0.1) is 22.7 Å². The number of amides is 1. The Labute approximate surface area is 162 Å². The lowest BCUT2D eigenvalue weighted by Gasteiger charge is -2.01. The van der Waals surface area contributed by atoms with Crippen LogP contribution in [0.3, 0.4) is 0 Å². The number of carbonyl (C=O) groups excluding carboxylic acids is 1. The van der Waals surface area contributed by atoms with Crippen molar-refractivity contribution in [2.45, 2.75) is 13.5 Å². The Kier molecular flexibility index (Phi) is 4.83. The Morgan fingerprint density at radius 1 is 1.26 bits per heavy atom. The molecule has 4 aromatic rings. The van der Waals surface area contributed by atoms with Crippen molar-refractivity contribution in [2.24, 2.45) is 0 Å². The number of hydrogen-bond acceptors (Lipinski definition) is 5. The standard InChI is InChI=1S/C19H15FN4OS2/c1-11-17(27-19(22-11)16-3-2-8-26-16)10-21-18(25)15-9-14(23-24-15)12-4-6-13(20)7-5-12/h2-9H,10H2,1H3,(H,21,25)(H,23,24). The SMILES string of the molecule is Cc1nc(-c2cccs2)sc1CNC(=O)c1cc(-c2ccc(F)cc2)n[nH]1. The van der Waals surface area contributed by atoms with Gasteiger partial charge in [-0.2, -0.15) is 5.10 Å². The summed E-state index contributed by atoms with van der Waals surface area (Å²) in [6.45, 7) is 2.34. The van der Waals surface area contributed by atoms with E-state index in [1.165, 1.54) is 12.1 Å². The number of rotatable bonds is 5. The summed E-state index contributed by atoms with van der Waals surface area (Å²) in [6.07, 6.45) is 0. The summed E-state index contributed by atoms with van der Waals surface area (Å²) < 4.78 is 13.0. The number of thiophene rings is 1. The molecular weight excluding hydrogens is 383 g/mol. The summed E-state index contributed by atoms with van der Waals surface area (Å²) in [5, 5.41) is 12.7. The Morgan fingerprint density at radius 2 is 2.07 bits per heavy atom. The molecule has 1 amide bonds. The first-order valence-electron chi connectivity index (χ1n) is 8.20. The van der Waals surface area contributed by atoms with Crippen LogP contribution in [0.25, 0.3) is 21.1 Å².